The zero-order valence-electron chi connectivity index (χ0n) is 10.3. The minimum atomic E-state index is 0.0719. The van der Waals surface area contributed by atoms with E-state index in [1.165, 1.54) is 0 Å². The van der Waals surface area contributed by atoms with Crippen LogP contribution in [0.1, 0.15) is 23.7 Å². The van der Waals surface area contributed by atoms with Gasteiger partial charge in [0.15, 0.2) is 5.78 Å². The minimum Gasteiger partial charge on any atom is -0.456 e. The summed E-state index contributed by atoms with van der Waals surface area (Å²) in [6, 6.07) is 12.2. The molecular formula is C15H12Cl2O2. The van der Waals surface area contributed by atoms with Gasteiger partial charge in [-0.1, -0.05) is 48.3 Å². The molecule has 2 aromatic rings. The second kappa shape index (κ2) is 6.09. The Labute approximate surface area is 121 Å². The van der Waals surface area contributed by atoms with Crippen molar-refractivity contribution in [2.75, 3.05) is 0 Å². The van der Waals surface area contributed by atoms with Crippen molar-refractivity contribution in [3.63, 3.8) is 0 Å². The molecule has 2 aromatic carbocycles. The van der Waals surface area contributed by atoms with Crippen LogP contribution in [0.5, 0.6) is 11.5 Å². The van der Waals surface area contributed by atoms with Crippen LogP contribution in [0.4, 0.5) is 0 Å². The smallest absolute Gasteiger partial charge is 0.162 e. The second-order valence-corrected chi connectivity index (χ2v) is 4.74. The molecule has 0 atom stereocenters. The van der Waals surface area contributed by atoms with E-state index in [9.17, 15) is 4.79 Å². The van der Waals surface area contributed by atoms with Gasteiger partial charge in [0.05, 0.1) is 5.02 Å². The summed E-state index contributed by atoms with van der Waals surface area (Å²) in [4.78, 5) is 11.6. The summed E-state index contributed by atoms with van der Waals surface area (Å²) in [6.07, 6.45) is 0.460. The summed E-state index contributed by atoms with van der Waals surface area (Å²) in [5, 5.41) is 0.788. The van der Waals surface area contributed by atoms with Gasteiger partial charge >= 0.3 is 0 Å². The summed E-state index contributed by atoms with van der Waals surface area (Å²) in [7, 11) is 0. The lowest BCUT2D eigenvalue weighted by atomic mass is 10.1. The molecule has 0 amide bonds. The molecule has 0 aliphatic rings. The van der Waals surface area contributed by atoms with E-state index in [0.717, 1.165) is 0 Å². The van der Waals surface area contributed by atoms with Gasteiger partial charge in [-0.15, -0.1) is 0 Å². The van der Waals surface area contributed by atoms with Crippen molar-refractivity contribution in [1.82, 2.24) is 0 Å². The fraction of sp³-hybridized carbons (Fsp3) is 0.133. The van der Waals surface area contributed by atoms with Gasteiger partial charge in [-0.05, 0) is 24.3 Å². The maximum absolute atomic E-state index is 11.6. The number of carbonyl (C=O) groups excluding carboxylic acids is 1. The Morgan fingerprint density at radius 3 is 2.63 bits per heavy atom. The summed E-state index contributed by atoms with van der Waals surface area (Å²) in [6.45, 7) is 1.82. The van der Waals surface area contributed by atoms with Crippen LogP contribution in [-0.4, -0.2) is 5.78 Å². The summed E-state index contributed by atoms with van der Waals surface area (Å²) < 4.78 is 5.66. The third-order valence-electron chi connectivity index (χ3n) is 2.62. The molecule has 98 valence electrons. The number of hydrogen-bond donors (Lipinski definition) is 0. The third kappa shape index (κ3) is 3.28. The number of rotatable bonds is 4. The average molecular weight is 295 g/mol. The highest BCUT2D eigenvalue weighted by Gasteiger charge is 2.08. The maximum Gasteiger partial charge on any atom is 0.162 e. The number of ether oxygens (including phenoxy) is 1. The molecule has 0 saturated carbocycles. The van der Waals surface area contributed by atoms with Crippen molar-refractivity contribution in [3.05, 3.63) is 58.1 Å². The molecule has 4 heteroatoms. The maximum atomic E-state index is 11.6. The highest BCUT2D eigenvalue weighted by Crippen LogP contribution is 2.34. The van der Waals surface area contributed by atoms with Gasteiger partial charge in [0.2, 0.25) is 0 Å². The van der Waals surface area contributed by atoms with Gasteiger partial charge in [0.25, 0.3) is 0 Å². The zero-order valence-corrected chi connectivity index (χ0v) is 11.8. The van der Waals surface area contributed by atoms with E-state index in [-0.39, 0.29) is 5.78 Å². The normalized spacial score (nSPS) is 10.3. The highest BCUT2D eigenvalue weighted by atomic mass is 35.5. The number of hydrogen-bond acceptors (Lipinski definition) is 2. The lowest BCUT2D eigenvalue weighted by Gasteiger charge is -2.09. The highest BCUT2D eigenvalue weighted by molar-refractivity contribution is 6.42. The van der Waals surface area contributed by atoms with Crippen molar-refractivity contribution >= 4 is 29.0 Å². The fourth-order valence-electron chi connectivity index (χ4n) is 1.63. The molecule has 2 nitrogen and oxygen atoms in total. The second-order valence-electron chi connectivity index (χ2n) is 3.96. The van der Waals surface area contributed by atoms with Crippen LogP contribution in [0.15, 0.2) is 42.5 Å². The summed E-state index contributed by atoms with van der Waals surface area (Å²) in [5.41, 5.74) is 0.623. The van der Waals surface area contributed by atoms with Crippen molar-refractivity contribution in [3.8, 4) is 11.5 Å². The molecule has 19 heavy (non-hydrogen) atoms. The van der Waals surface area contributed by atoms with Crippen LogP contribution < -0.4 is 4.74 Å². The number of carbonyl (C=O) groups is 1. The quantitative estimate of drug-likeness (QED) is 0.708. The number of benzene rings is 2. The van der Waals surface area contributed by atoms with Crippen LogP contribution in [0.25, 0.3) is 0 Å². The van der Waals surface area contributed by atoms with E-state index >= 15 is 0 Å². The van der Waals surface area contributed by atoms with E-state index in [1.807, 2.05) is 6.92 Å². The Morgan fingerprint density at radius 1 is 1.16 bits per heavy atom. The zero-order chi connectivity index (χ0) is 13.8. The van der Waals surface area contributed by atoms with Gasteiger partial charge < -0.3 is 4.74 Å². The molecule has 2 rings (SSSR count). The van der Waals surface area contributed by atoms with Crippen LogP contribution in [0.2, 0.25) is 10.0 Å². The first kappa shape index (κ1) is 13.9. The fourth-order valence-corrected chi connectivity index (χ4v) is 1.96. The Bertz CT molecular complexity index is 609. The molecule has 0 radical (unpaired) electrons. The number of halogens is 2. The van der Waals surface area contributed by atoms with Crippen molar-refractivity contribution in [1.29, 1.82) is 0 Å². The van der Waals surface area contributed by atoms with Gasteiger partial charge in [-0.3, -0.25) is 4.79 Å². The molecule has 0 fully saturated rings. The van der Waals surface area contributed by atoms with Crippen LogP contribution in [0.3, 0.4) is 0 Å². The average Bonchev–Trinajstić information content (AvgIpc) is 2.43. The predicted octanol–water partition coefficient (Wildman–Crippen LogP) is 5.38. The minimum absolute atomic E-state index is 0.0719. The van der Waals surface area contributed by atoms with Gasteiger partial charge in [0, 0.05) is 12.0 Å². The topological polar surface area (TPSA) is 26.3 Å². The van der Waals surface area contributed by atoms with Gasteiger partial charge in [0.1, 0.15) is 16.5 Å². The Kier molecular flexibility index (Phi) is 4.46. The van der Waals surface area contributed by atoms with Gasteiger partial charge in [-0.2, -0.15) is 0 Å². The van der Waals surface area contributed by atoms with Gasteiger partial charge in [-0.25, -0.2) is 0 Å². The Balaban J connectivity index is 2.28. The van der Waals surface area contributed by atoms with E-state index in [2.05, 4.69) is 0 Å². The van der Waals surface area contributed by atoms with E-state index in [1.54, 1.807) is 42.5 Å². The third-order valence-corrected chi connectivity index (χ3v) is 3.42. The van der Waals surface area contributed by atoms with Crippen LogP contribution in [-0.2, 0) is 0 Å². The van der Waals surface area contributed by atoms with E-state index < -0.39 is 0 Å². The van der Waals surface area contributed by atoms with Crippen molar-refractivity contribution in [2.24, 2.45) is 0 Å². The molecule has 0 aromatic heterocycles. The van der Waals surface area contributed by atoms with E-state index in [4.69, 9.17) is 27.9 Å². The molecule has 0 N–H and O–H groups in total. The van der Waals surface area contributed by atoms with E-state index in [0.29, 0.717) is 33.5 Å². The number of ketones is 1. The molecular weight excluding hydrogens is 283 g/mol. The molecule has 0 aliphatic carbocycles. The first-order valence-corrected chi connectivity index (χ1v) is 6.62. The lowest BCUT2D eigenvalue weighted by molar-refractivity contribution is 0.0988. The monoisotopic (exact) mass is 294 g/mol. The first-order valence-electron chi connectivity index (χ1n) is 5.87. The standard InChI is InChI=1S/C15H12Cl2O2/c1-2-13(18)10-5-3-6-11(9-10)19-14-8-4-7-12(16)15(14)17/h3-9H,2H2,1H3. The number of Topliss-reactive ketones (excluding diaryl/α,β-unsaturated/α-hetero) is 1. The predicted molar refractivity (Wildman–Crippen MR) is 77.6 cm³/mol. The molecule has 0 aliphatic heterocycles. The summed E-state index contributed by atoms with van der Waals surface area (Å²) in [5.74, 6) is 1.10. The largest absolute Gasteiger partial charge is 0.456 e. The molecule has 0 bridgehead atoms. The summed E-state index contributed by atoms with van der Waals surface area (Å²) >= 11 is 12.0. The molecule has 0 unspecified atom stereocenters. The van der Waals surface area contributed by atoms with Crippen LogP contribution >= 0.6 is 23.2 Å². The Morgan fingerprint density at radius 2 is 1.89 bits per heavy atom. The molecule has 0 saturated heterocycles. The molecule has 0 spiro atoms. The van der Waals surface area contributed by atoms with Crippen molar-refractivity contribution < 1.29 is 9.53 Å². The SMILES string of the molecule is CCC(=O)c1cccc(Oc2cccc(Cl)c2Cl)c1. The lowest BCUT2D eigenvalue weighted by Crippen LogP contribution is -1.96. The van der Waals surface area contributed by atoms with Crippen molar-refractivity contribution in [2.45, 2.75) is 13.3 Å². The van der Waals surface area contributed by atoms with Crippen LogP contribution in [0, 0.1) is 0 Å². The first-order chi connectivity index (χ1) is 9.11. The molecule has 0 heterocycles. The Hall–Kier alpha value is -1.51.